The summed E-state index contributed by atoms with van der Waals surface area (Å²) < 4.78 is 0. The second-order valence-corrected chi connectivity index (χ2v) is 3.86. The standard InChI is InChI=1S/C9H18N2O3S/c1-3-5(2)7(10)8(12)11-6(4-15)9(13)14/h5-7,15H,3-4,10H2,1-2H3,(H,11,12)(H,13,14)/t5?,6-,7-/m0/s1. The van der Waals surface area contributed by atoms with Crippen LogP contribution in [-0.2, 0) is 9.59 Å². The molecule has 0 bridgehead atoms. The normalized spacial score (nSPS) is 16.5. The fraction of sp³-hybridized carbons (Fsp3) is 0.778. The molecule has 0 aliphatic heterocycles. The van der Waals surface area contributed by atoms with E-state index in [-0.39, 0.29) is 11.7 Å². The molecule has 88 valence electrons. The Balaban J connectivity index is 4.28. The van der Waals surface area contributed by atoms with Gasteiger partial charge in [0.25, 0.3) is 0 Å². The molecule has 5 nitrogen and oxygen atoms in total. The number of aliphatic carboxylic acids is 1. The Morgan fingerprint density at radius 3 is 2.40 bits per heavy atom. The first-order valence-electron chi connectivity index (χ1n) is 4.83. The van der Waals surface area contributed by atoms with Gasteiger partial charge in [-0.15, -0.1) is 0 Å². The number of nitrogens with one attached hydrogen (secondary N) is 1. The van der Waals surface area contributed by atoms with Crippen molar-refractivity contribution in [3.05, 3.63) is 0 Å². The summed E-state index contributed by atoms with van der Waals surface area (Å²) in [4.78, 5) is 22.1. The number of rotatable bonds is 6. The largest absolute Gasteiger partial charge is 0.480 e. The van der Waals surface area contributed by atoms with Gasteiger partial charge in [0.2, 0.25) is 5.91 Å². The molecular weight excluding hydrogens is 216 g/mol. The minimum Gasteiger partial charge on any atom is -0.480 e. The van der Waals surface area contributed by atoms with Gasteiger partial charge < -0.3 is 16.2 Å². The van der Waals surface area contributed by atoms with E-state index in [0.29, 0.717) is 0 Å². The monoisotopic (exact) mass is 234 g/mol. The molecule has 1 unspecified atom stereocenters. The minimum absolute atomic E-state index is 0.0272. The SMILES string of the molecule is CCC(C)[C@H](N)C(=O)N[C@@H](CS)C(=O)O. The predicted molar refractivity (Wildman–Crippen MR) is 60.8 cm³/mol. The summed E-state index contributed by atoms with van der Waals surface area (Å²) >= 11 is 3.84. The fourth-order valence-corrected chi connectivity index (χ4v) is 1.21. The number of carboxylic acid groups (broad SMARTS) is 1. The van der Waals surface area contributed by atoms with Crippen LogP contribution in [0.15, 0.2) is 0 Å². The van der Waals surface area contributed by atoms with Crippen molar-refractivity contribution in [1.82, 2.24) is 5.32 Å². The van der Waals surface area contributed by atoms with Gasteiger partial charge in [0.15, 0.2) is 0 Å². The van der Waals surface area contributed by atoms with E-state index in [1.54, 1.807) is 0 Å². The first kappa shape index (κ1) is 14.2. The fourth-order valence-electron chi connectivity index (χ4n) is 0.966. The van der Waals surface area contributed by atoms with Crippen molar-refractivity contribution in [2.24, 2.45) is 11.7 Å². The Bertz CT molecular complexity index is 235. The molecule has 0 heterocycles. The summed E-state index contributed by atoms with van der Waals surface area (Å²) in [5.41, 5.74) is 5.64. The molecule has 0 rings (SSSR count). The summed E-state index contributed by atoms with van der Waals surface area (Å²) in [5.74, 6) is -1.46. The maximum absolute atomic E-state index is 11.5. The van der Waals surface area contributed by atoms with Gasteiger partial charge in [0, 0.05) is 5.75 Å². The van der Waals surface area contributed by atoms with Crippen molar-refractivity contribution in [2.75, 3.05) is 5.75 Å². The molecule has 0 aromatic carbocycles. The molecule has 0 saturated heterocycles. The van der Waals surface area contributed by atoms with Gasteiger partial charge in [-0.1, -0.05) is 20.3 Å². The van der Waals surface area contributed by atoms with Crippen molar-refractivity contribution < 1.29 is 14.7 Å². The Morgan fingerprint density at radius 2 is 2.07 bits per heavy atom. The van der Waals surface area contributed by atoms with Gasteiger partial charge in [0.05, 0.1) is 6.04 Å². The van der Waals surface area contributed by atoms with Crippen LogP contribution in [0.2, 0.25) is 0 Å². The summed E-state index contributed by atoms with van der Waals surface area (Å²) in [5, 5.41) is 11.0. The summed E-state index contributed by atoms with van der Waals surface area (Å²) in [6, 6.07) is -1.65. The second kappa shape index (κ2) is 6.68. The van der Waals surface area contributed by atoms with Crippen LogP contribution < -0.4 is 11.1 Å². The molecule has 4 N–H and O–H groups in total. The van der Waals surface area contributed by atoms with Crippen LogP contribution in [0.3, 0.4) is 0 Å². The zero-order chi connectivity index (χ0) is 12.0. The highest BCUT2D eigenvalue weighted by molar-refractivity contribution is 7.80. The van der Waals surface area contributed by atoms with Crippen molar-refractivity contribution in [1.29, 1.82) is 0 Å². The number of amides is 1. The lowest BCUT2D eigenvalue weighted by Gasteiger charge is -2.20. The van der Waals surface area contributed by atoms with Crippen molar-refractivity contribution >= 4 is 24.5 Å². The maximum atomic E-state index is 11.5. The molecule has 0 aromatic rings. The van der Waals surface area contributed by atoms with Crippen LogP contribution in [0.4, 0.5) is 0 Å². The van der Waals surface area contributed by atoms with Gasteiger partial charge in [-0.3, -0.25) is 4.79 Å². The van der Waals surface area contributed by atoms with Crippen molar-refractivity contribution in [3.8, 4) is 0 Å². The number of carbonyl (C=O) groups is 2. The van der Waals surface area contributed by atoms with Crippen LogP contribution in [0.1, 0.15) is 20.3 Å². The molecular formula is C9H18N2O3S. The van der Waals surface area contributed by atoms with E-state index < -0.39 is 24.0 Å². The summed E-state index contributed by atoms with van der Waals surface area (Å²) in [6.45, 7) is 3.77. The average Bonchev–Trinajstić information content (AvgIpc) is 2.22. The third-order valence-corrected chi connectivity index (χ3v) is 2.72. The van der Waals surface area contributed by atoms with Crippen molar-refractivity contribution in [3.63, 3.8) is 0 Å². The Morgan fingerprint density at radius 1 is 1.53 bits per heavy atom. The third-order valence-electron chi connectivity index (χ3n) is 2.36. The quantitative estimate of drug-likeness (QED) is 0.481. The third kappa shape index (κ3) is 4.53. The smallest absolute Gasteiger partial charge is 0.327 e. The second-order valence-electron chi connectivity index (χ2n) is 3.49. The first-order valence-corrected chi connectivity index (χ1v) is 5.46. The van der Waals surface area contributed by atoms with E-state index in [1.165, 1.54) is 0 Å². The highest BCUT2D eigenvalue weighted by atomic mass is 32.1. The van der Waals surface area contributed by atoms with E-state index in [1.807, 2.05) is 13.8 Å². The van der Waals surface area contributed by atoms with Crippen LogP contribution in [-0.4, -0.2) is 34.8 Å². The van der Waals surface area contributed by atoms with Crippen molar-refractivity contribution in [2.45, 2.75) is 32.4 Å². The molecule has 3 atom stereocenters. The average molecular weight is 234 g/mol. The molecule has 15 heavy (non-hydrogen) atoms. The van der Waals surface area contributed by atoms with Crippen LogP contribution in [0.25, 0.3) is 0 Å². The highest BCUT2D eigenvalue weighted by Gasteiger charge is 2.24. The lowest BCUT2D eigenvalue weighted by Crippen LogP contribution is -2.51. The van der Waals surface area contributed by atoms with Crippen LogP contribution >= 0.6 is 12.6 Å². The maximum Gasteiger partial charge on any atom is 0.327 e. The first-order chi connectivity index (χ1) is 6.93. The number of hydrogen-bond donors (Lipinski definition) is 4. The summed E-state index contributed by atoms with van der Waals surface area (Å²) in [6.07, 6.45) is 0.771. The Hall–Kier alpha value is -0.750. The van der Waals surface area contributed by atoms with E-state index in [4.69, 9.17) is 10.8 Å². The Labute approximate surface area is 94.8 Å². The number of thiol groups is 1. The number of nitrogens with two attached hydrogens (primary N) is 1. The minimum atomic E-state index is -1.10. The lowest BCUT2D eigenvalue weighted by atomic mass is 9.99. The van der Waals surface area contributed by atoms with Gasteiger partial charge in [0.1, 0.15) is 6.04 Å². The topological polar surface area (TPSA) is 92.4 Å². The molecule has 0 aromatic heterocycles. The van der Waals surface area contributed by atoms with Gasteiger partial charge in [-0.25, -0.2) is 4.79 Å². The van der Waals surface area contributed by atoms with Gasteiger partial charge >= 0.3 is 5.97 Å². The zero-order valence-corrected chi connectivity index (χ0v) is 9.83. The molecule has 6 heteroatoms. The van der Waals surface area contributed by atoms with E-state index in [9.17, 15) is 9.59 Å². The lowest BCUT2D eigenvalue weighted by molar-refractivity contribution is -0.141. The molecule has 0 spiro atoms. The highest BCUT2D eigenvalue weighted by Crippen LogP contribution is 2.05. The zero-order valence-electron chi connectivity index (χ0n) is 8.93. The van der Waals surface area contributed by atoms with Gasteiger partial charge in [-0.05, 0) is 5.92 Å². The number of hydrogen-bond acceptors (Lipinski definition) is 4. The molecule has 0 radical (unpaired) electrons. The van der Waals surface area contributed by atoms with E-state index in [0.717, 1.165) is 6.42 Å². The Kier molecular flexibility index (Phi) is 6.35. The molecule has 0 aliphatic rings. The van der Waals surface area contributed by atoms with E-state index >= 15 is 0 Å². The number of carbonyl (C=O) groups excluding carboxylic acids is 1. The van der Waals surface area contributed by atoms with E-state index in [2.05, 4.69) is 17.9 Å². The van der Waals surface area contributed by atoms with Gasteiger partial charge in [-0.2, -0.15) is 12.6 Å². The van der Waals surface area contributed by atoms with Crippen LogP contribution in [0.5, 0.6) is 0 Å². The molecule has 0 fully saturated rings. The number of carboxylic acids is 1. The van der Waals surface area contributed by atoms with Crippen LogP contribution in [0, 0.1) is 5.92 Å². The molecule has 1 amide bonds. The predicted octanol–water partition coefficient (Wildman–Crippen LogP) is -0.141. The molecule has 0 aliphatic carbocycles. The summed E-state index contributed by atoms with van der Waals surface area (Å²) in [7, 11) is 0. The molecule has 0 saturated carbocycles.